The highest BCUT2D eigenvalue weighted by Crippen LogP contribution is 2.40. The van der Waals surface area contributed by atoms with Gasteiger partial charge in [0.1, 0.15) is 18.4 Å². The normalized spacial score (nSPS) is 17.1. The number of rotatable bonds is 11. The third-order valence-corrected chi connectivity index (χ3v) is 11.4. The van der Waals surface area contributed by atoms with Crippen LogP contribution in [0.3, 0.4) is 0 Å². The molecule has 286 valence electrons. The number of aromatic nitrogens is 2. The van der Waals surface area contributed by atoms with Crippen LogP contribution in [0.5, 0.6) is 5.75 Å². The quantitative estimate of drug-likeness (QED) is 0.158. The van der Waals surface area contributed by atoms with Crippen molar-refractivity contribution in [3.05, 3.63) is 113 Å². The van der Waals surface area contributed by atoms with Gasteiger partial charge in [0.15, 0.2) is 0 Å². The highest BCUT2D eigenvalue weighted by Gasteiger charge is 2.46. The smallest absolute Gasteiger partial charge is 0.416 e. The molecule has 3 aromatic carbocycles. The number of hydrogen-bond donors (Lipinski definition) is 0. The van der Waals surface area contributed by atoms with Gasteiger partial charge in [-0.25, -0.2) is 8.42 Å². The number of carbonyl (C=O) groups is 2. The van der Waals surface area contributed by atoms with Gasteiger partial charge in [-0.3, -0.25) is 14.8 Å². The molecule has 0 N–H and O–H groups in total. The first-order chi connectivity index (χ1) is 25.5. The number of sulfonamides is 1. The summed E-state index contributed by atoms with van der Waals surface area (Å²) in [5.74, 6) is -2.46. The third-order valence-electron chi connectivity index (χ3n) is 9.49. The van der Waals surface area contributed by atoms with Crippen LogP contribution in [0.2, 0.25) is 0 Å². The van der Waals surface area contributed by atoms with Crippen molar-refractivity contribution in [3.63, 3.8) is 0 Å². The second-order valence-corrected chi connectivity index (χ2v) is 15.0. The average Bonchev–Trinajstić information content (AvgIpc) is 3.12. The number of hydrogen-bond acceptors (Lipinski definition) is 8. The van der Waals surface area contributed by atoms with Gasteiger partial charge in [0.25, 0.3) is 0 Å². The number of alkyl halides is 6. The number of aromatic carboxylic acids is 1. The number of nitrogens with zero attached hydrogens (tertiary/aromatic N) is 4. The van der Waals surface area contributed by atoms with Crippen molar-refractivity contribution in [3.8, 4) is 5.75 Å². The largest absolute Gasteiger partial charge is 0.545 e. The lowest BCUT2D eigenvalue weighted by molar-refractivity contribution is -0.255. The van der Waals surface area contributed by atoms with Crippen LogP contribution in [0.15, 0.2) is 84.0 Å². The fourth-order valence-corrected chi connectivity index (χ4v) is 8.20. The molecule has 1 saturated carbocycles. The van der Waals surface area contributed by atoms with Gasteiger partial charge >= 0.3 is 12.4 Å². The summed E-state index contributed by atoms with van der Waals surface area (Å²) in [6, 6.07) is 10.9. The monoisotopic (exact) mass is 775 g/mol. The van der Waals surface area contributed by atoms with Gasteiger partial charge < -0.3 is 19.5 Å². The van der Waals surface area contributed by atoms with Crippen molar-refractivity contribution < 1.29 is 54.2 Å². The number of ether oxygens (including phenoxy) is 1. The van der Waals surface area contributed by atoms with Crippen molar-refractivity contribution in [2.24, 2.45) is 0 Å². The number of benzene rings is 3. The molecule has 54 heavy (non-hydrogen) atoms. The Morgan fingerprint density at radius 1 is 0.852 bits per heavy atom. The second-order valence-electron chi connectivity index (χ2n) is 13.1. The molecule has 1 aliphatic heterocycles. The van der Waals surface area contributed by atoms with E-state index in [-0.39, 0.29) is 72.9 Å². The average molecular weight is 776 g/mol. The molecule has 1 atom stereocenters. The number of carboxylic acids is 1. The molecule has 2 aliphatic rings. The van der Waals surface area contributed by atoms with Crippen LogP contribution in [0.4, 0.5) is 32.0 Å². The van der Waals surface area contributed by atoms with Gasteiger partial charge in [0.2, 0.25) is 15.9 Å². The second kappa shape index (κ2) is 15.4. The Bertz CT molecular complexity index is 2080. The van der Waals surface area contributed by atoms with Crippen LogP contribution < -0.4 is 14.7 Å². The van der Waals surface area contributed by atoms with Gasteiger partial charge in [0.05, 0.1) is 46.1 Å². The van der Waals surface area contributed by atoms with Crippen molar-refractivity contribution in [1.29, 1.82) is 0 Å². The Labute approximate surface area is 306 Å². The van der Waals surface area contributed by atoms with Gasteiger partial charge in [0, 0.05) is 36.0 Å². The minimum Gasteiger partial charge on any atom is -0.545 e. The van der Waals surface area contributed by atoms with E-state index in [1.54, 1.807) is 36.5 Å². The maximum absolute atomic E-state index is 14.3. The molecule has 2 heterocycles. The Morgan fingerprint density at radius 2 is 1.52 bits per heavy atom. The first kappa shape index (κ1) is 38.7. The van der Waals surface area contributed by atoms with Gasteiger partial charge in [-0.2, -0.15) is 30.6 Å². The summed E-state index contributed by atoms with van der Waals surface area (Å²) in [6.07, 6.45) is -2.59. The van der Waals surface area contributed by atoms with E-state index in [1.807, 2.05) is 0 Å². The highest BCUT2D eigenvalue weighted by molar-refractivity contribution is 7.89. The number of carbonyl (C=O) groups excluding carboxylic acids is 2. The maximum Gasteiger partial charge on any atom is 0.416 e. The highest BCUT2D eigenvalue weighted by atomic mass is 32.2. The molecule has 1 saturated heterocycles. The van der Waals surface area contributed by atoms with Gasteiger partial charge in [-0.15, -0.1) is 0 Å². The topological polar surface area (TPSA) is 133 Å². The van der Waals surface area contributed by atoms with Crippen LogP contribution >= 0.6 is 0 Å². The van der Waals surface area contributed by atoms with E-state index in [9.17, 15) is 49.5 Å². The lowest BCUT2D eigenvalue weighted by Gasteiger charge is -2.41. The van der Waals surface area contributed by atoms with Crippen molar-refractivity contribution >= 4 is 27.6 Å². The predicted molar refractivity (Wildman–Crippen MR) is 179 cm³/mol. The van der Waals surface area contributed by atoms with Crippen molar-refractivity contribution in [1.82, 2.24) is 14.3 Å². The summed E-state index contributed by atoms with van der Waals surface area (Å²) in [7, 11) is -5.09. The number of amides is 1. The van der Waals surface area contributed by atoms with Crippen LogP contribution in [-0.2, 0) is 40.3 Å². The molecule has 1 aliphatic carbocycles. The molecular formula is C37H33F6N4O6S-. The molecule has 17 heteroatoms. The van der Waals surface area contributed by atoms with Gasteiger partial charge in [-0.1, -0.05) is 49.6 Å². The molecule has 2 fully saturated rings. The van der Waals surface area contributed by atoms with E-state index in [4.69, 9.17) is 4.74 Å². The summed E-state index contributed by atoms with van der Waals surface area (Å²) in [5, 5.41) is 12.0. The van der Waals surface area contributed by atoms with Gasteiger partial charge in [-0.05, 0) is 55.2 Å². The fraction of sp³-hybridized carbons (Fsp3) is 0.351. The Morgan fingerprint density at radius 3 is 2.07 bits per heavy atom. The van der Waals surface area contributed by atoms with Crippen LogP contribution in [0.1, 0.15) is 82.9 Å². The molecule has 0 spiro atoms. The van der Waals surface area contributed by atoms with Crippen LogP contribution in [0.25, 0.3) is 0 Å². The molecule has 0 unspecified atom stereocenters. The van der Waals surface area contributed by atoms with Crippen LogP contribution in [-0.4, -0.2) is 47.2 Å². The standard InChI is InChI=1S/C37H34F6N4O6S/c38-36(39,40)25-15-26(37(41,42)43)17-29(16-25)54(51,52)47-14-13-32(47)34(48)46(21-27-19-45-31(20-44-27)24-9-5-2-6-10-24)28-11-12-30(35(49)50)33(18-28)53-22-23-7-3-1-4-8-23/h1,3-4,7-8,11-12,15-20,24,32H,2,5-6,9-10,13-14,21-22H2,(H,49,50)/p-1/t32-/m1/s1. The Balaban J connectivity index is 1.36. The number of halogens is 6. The zero-order valence-electron chi connectivity index (χ0n) is 28.4. The minimum absolute atomic E-state index is 0.0360. The van der Waals surface area contributed by atoms with E-state index in [0.29, 0.717) is 9.87 Å². The zero-order valence-corrected chi connectivity index (χ0v) is 29.3. The SMILES string of the molecule is O=C([O-])c1ccc(N(Cc2cnc(C3CCCCC3)cn2)C(=O)[C@H]2CCN2S(=O)(=O)c2cc(C(F)(F)F)cc(C(F)(F)F)c2)cc1OCc1ccccc1. The summed E-state index contributed by atoms with van der Waals surface area (Å²) in [4.78, 5) is 35.2. The van der Waals surface area contributed by atoms with Crippen molar-refractivity contribution in [2.45, 2.75) is 80.9 Å². The Hall–Kier alpha value is -5.03. The van der Waals surface area contributed by atoms with E-state index >= 15 is 0 Å². The van der Waals surface area contributed by atoms with E-state index in [1.165, 1.54) is 18.3 Å². The molecule has 10 nitrogen and oxygen atoms in total. The molecule has 4 aromatic rings. The van der Waals surface area contributed by atoms with E-state index in [0.717, 1.165) is 48.8 Å². The van der Waals surface area contributed by atoms with Crippen molar-refractivity contribution in [2.75, 3.05) is 11.4 Å². The number of anilines is 1. The summed E-state index contributed by atoms with van der Waals surface area (Å²) in [5.41, 5.74) is -2.25. The Kier molecular flexibility index (Phi) is 11.0. The zero-order chi connectivity index (χ0) is 38.8. The lowest BCUT2D eigenvalue weighted by Crippen LogP contribution is -2.59. The summed E-state index contributed by atoms with van der Waals surface area (Å²) < 4.78 is 115. The summed E-state index contributed by atoms with van der Waals surface area (Å²) >= 11 is 0. The third kappa shape index (κ3) is 8.51. The maximum atomic E-state index is 14.3. The van der Waals surface area contributed by atoms with E-state index in [2.05, 4.69) is 9.97 Å². The minimum atomic E-state index is -5.31. The van der Waals surface area contributed by atoms with E-state index < -0.39 is 56.3 Å². The molecular weight excluding hydrogens is 742 g/mol. The van der Waals surface area contributed by atoms with Crippen LogP contribution in [0, 0.1) is 0 Å². The fourth-order valence-electron chi connectivity index (χ4n) is 6.50. The molecule has 6 rings (SSSR count). The molecule has 0 bridgehead atoms. The first-order valence-electron chi connectivity index (χ1n) is 17.0. The predicted octanol–water partition coefficient (Wildman–Crippen LogP) is 6.50. The summed E-state index contributed by atoms with van der Waals surface area (Å²) in [6.45, 7) is -0.765. The first-order valence-corrected chi connectivity index (χ1v) is 18.4. The molecule has 0 radical (unpaired) electrons. The molecule has 1 amide bonds. The molecule has 1 aromatic heterocycles. The number of carboxylic acid groups (broad SMARTS) is 1. The lowest BCUT2D eigenvalue weighted by atomic mass is 9.87.